The highest BCUT2D eigenvalue weighted by molar-refractivity contribution is 14.0. The predicted octanol–water partition coefficient (Wildman–Crippen LogP) is 2.41. The minimum absolute atomic E-state index is 0. The Hall–Kier alpha value is -0.0900. The molecule has 0 aromatic rings. The van der Waals surface area contributed by atoms with Gasteiger partial charge in [-0.2, -0.15) is 0 Å². The zero-order valence-electron chi connectivity index (χ0n) is 15.8. The number of halogens is 1. The van der Waals surface area contributed by atoms with Gasteiger partial charge in [-0.3, -0.25) is 4.99 Å². The van der Waals surface area contributed by atoms with Crippen LogP contribution in [0, 0.1) is 5.41 Å². The van der Waals surface area contributed by atoms with Gasteiger partial charge in [0.25, 0.3) is 0 Å². The van der Waals surface area contributed by atoms with E-state index in [1.54, 1.807) is 18.3 Å². The summed E-state index contributed by atoms with van der Waals surface area (Å²) in [6.07, 6.45) is 3.92. The van der Waals surface area contributed by atoms with Crippen LogP contribution < -0.4 is 10.6 Å². The van der Waals surface area contributed by atoms with E-state index >= 15 is 0 Å². The Kier molecular flexibility index (Phi) is 10.8. The second kappa shape index (κ2) is 10.8. The summed E-state index contributed by atoms with van der Waals surface area (Å²) >= 11 is 0. The summed E-state index contributed by atoms with van der Waals surface area (Å²) in [5.41, 5.74) is 0.357. The molecule has 6 nitrogen and oxygen atoms in total. The molecule has 8 heteroatoms. The fraction of sp³-hybridized carbons (Fsp3) is 0.938. The Balaban J connectivity index is 0.00000529. The molecule has 0 unspecified atom stereocenters. The van der Waals surface area contributed by atoms with E-state index in [9.17, 15) is 8.42 Å². The van der Waals surface area contributed by atoms with Crippen LogP contribution in [0.15, 0.2) is 4.99 Å². The highest BCUT2D eigenvalue weighted by atomic mass is 127. The monoisotopic (exact) mass is 474 g/mol. The molecule has 0 saturated carbocycles. The molecule has 1 aliphatic rings. The van der Waals surface area contributed by atoms with Gasteiger partial charge in [0.2, 0.25) is 10.0 Å². The third kappa shape index (κ3) is 8.84. The Morgan fingerprint density at radius 1 is 1.25 bits per heavy atom. The van der Waals surface area contributed by atoms with Crippen molar-refractivity contribution in [2.24, 2.45) is 10.4 Å². The number of sulfonamides is 1. The summed E-state index contributed by atoms with van der Waals surface area (Å²) in [6.45, 7) is 10.5. The van der Waals surface area contributed by atoms with Crippen molar-refractivity contribution in [3.05, 3.63) is 0 Å². The van der Waals surface area contributed by atoms with Crippen LogP contribution >= 0.6 is 24.0 Å². The van der Waals surface area contributed by atoms with Crippen molar-refractivity contribution in [2.45, 2.75) is 59.4 Å². The fourth-order valence-electron chi connectivity index (χ4n) is 2.67. The van der Waals surface area contributed by atoms with Crippen LogP contribution in [-0.2, 0) is 10.0 Å². The van der Waals surface area contributed by atoms with Gasteiger partial charge in [0.1, 0.15) is 0 Å². The second-order valence-corrected chi connectivity index (χ2v) is 9.64. The van der Waals surface area contributed by atoms with Crippen molar-refractivity contribution < 1.29 is 8.42 Å². The molecule has 1 fully saturated rings. The first kappa shape index (κ1) is 23.9. The zero-order valence-corrected chi connectivity index (χ0v) is 18.9. The van der Waals surface area contributed by atoms with Gasteiger partial charge in [-0.1, -0.05) is 20.8 Å². The van der Waals surface area contributed by atoms with Gasteiger partial charge in [0, 0.05) is 32.7 Å². The topological polar surface area (TPSA) is 73.8 Å². The maximum Gasteiger partial charge on any atom is 0.213 e. The minimum Gasteiger partial charge on any atom is -0.356 e. The first-order chi connectivity index (χ1) is 10.7. The summed E-state index contributed by atoms with van der Waals surface area (Å²) in [5, 5.41) is 6.76. The molecule has 2 N–H and O–H groups in total. The lowest BCUT2D eigenvalue weighted by atomic mass is 9.91. The smallest absolute Gasteiger partial charge is 0.213 e. The molecule has 144 valence electrons. The lowest BCUT2D eigenvalue weighted by Gasteiger charge is -2.32. The third-order valence-electron chi connectivity index (χ3n) is 4.17. The summed E-state index contributed by atoms with van der Waals surface area (Å²) in [5.74, 6) is 0.998. The first-order valence-corrected chi connectivity index (χ1v) is 10.2. The van der Waals surface area contributed by atoms with Crippen LogP contribution in [-0.4, -0.2) is 57.2 Å². The van der Waals surface area contributed by atoms with E-state index in [0.717, 1.165) is 31.8 Å². The van der Waals surface area contributed by atoms with Crippen molar-refractivity contribution in [1.29, 1.82) is 0 Å². The second-order valence-electron chi connectivity index (χ2n) is 7.38. The van der Waals surface area contributed by atoms with Crippen molar-refractivity contribution in [3.63, 3.8) is 0 Å². The Morgan fingerprint density at radius 3 is 2.29 bits per heavy atom. The van der Waals surface area contributed by atoms with E-state index in [4.69, 9.17) is 0 Å². The molecule has 0 aromatic heterocycles. The Morgan fingerprint density at radius 2 is 1.83 bits per heavy atom. The van der Waals surface area contributed by atoms with Gasteiger partial charge in [-0.25, -0.2) is 12.7 Å². The lowest BCUT2D eigenvalue weighted by Crippen LogP contribution is -2.50. The fourth-order valence-corrected chi connectivity index (χ4v) is 3.81. The van der Waals surface area contributed by atoms with E-state index in [0.29, 0.717) is 18.5 Å². The molecule has 1 rings (SSSR count). The van der Waals surface area contributed by atoms with Crippen LogP contribution in [0.5, 0.6) is 0 Å². The van der Waals surface area contributed by atoms with Gasteiger partial charge in [-0.05, 0) is 38.0 Å². The molecular weight excluding hydrogens is 439 g/mol. The molecular formula is C16H35IN4O2S. The van der Waals surface area contributed by atoms with E-state index in [2.05, 4.69) is 36.4 Å². The SMILES string of the molecule is CCS(=O)(=O)N1CCC(NC(=NC)NCCCC(C)(C)C)CC1.I. The average Bonchev–Trinajstić information content (AvgIpc) is 2.49. The number of hydrogen-bond donors (Lipinski definition) is 2. The van der Waals surface area contributed by atoms with Crippen LogP contribution in [0.3, 0.4) is 0 Å². The maximum absolute atomic E-state index is 11.9. The molecule has 0 aromatic carbocycles. The minimum atomic E-state index is -3.05. The molecule has 1 heterocycles. The molecule has 0 bridgehead atoms. The third-order valence-corrected chi connectivity index (χ3v) is 6.05. The largest absolute Gasteiger partial charge is 0.356 e. The van der Waals surface area contributed by atoms with Crippen molar-refractivity contribution in [1.82, 2.24) is 14.9 Å². The van der Waals surface area contributed by atoms with E-state index in [1.165, 1.54) is 6.42 Å². The number of aliphatic imine (C=N–C) groups is 1. The maximum atomic E-state index is 11.9. The van der Waals surface area contributed by atoms with Gasteiger partial charge >= 0.3 is 0 Å². The number of nitrogens with zero attached hydrogens (tertiary/aromatic N) is 2. The number of nitrogens with one attached hydrogen (secondary N) is 2. The van der Waals surface area contributed by atoms with Gasteiger partial charge < -0.3 is 10.6 Å². The van der Waals surface area contributed by atoms with Crippen LogP contribution in [0.25, 0.3) is 0 Å². The summed E-state index contributed by atoms with van der Waals surface area (Å²) < 4.78 is 25.3. The number of piperidine rings is 1. The molecule has 0 spiro atoms. The quantitative estimate of drug-likeness (QED) is 0.269. The summed E-state index contributed by atoms with van der Waals surface area (Å²) in [6, 6.07) is 0.284. The summed E-state index contributed by atoms with van der Waals surface area (Å²) in [7, 11) is -1.28. The highest BCUT2D eigenvalue weighted by Crippen LogP contribution is 2.19. The van der Waals surface area contributed by atoms with Crippen molar-refractivity contribution >= 4 is 40.0 Å². The van der Waals surface area contributed by atoms with Crippen LogP contribution in [0.1, 0.15) is 53.4 Å². The van der Waals surface area contributed by atoms with Crippen LogP contribution in [0.4, 0.5) is 0 Å². The summed E-state index contributed by atoms with van der Waals surface area (Å²) in [4.78, 5) is 4.26. The molecule has 0 atom stereocenters. The molecule has 0 radical (unpaired) electrons. The molecule has 1 saturated heterocycles. The van der Waals surface area contributed by atoms with Crippen molar-refractivity contribution in [3.8, 4) is 0 Å². The number of rotatable bonds is 6. The molecule has 0 aliphatic carbocycles. The van der Waals surface area contributed by atoms with E-state index < -0.39 is 10.0 Å². The Labute approximate surface area is 165 Å². The van der Waals surface area contributed by atoms with Gasteiger partial charge in [-0.15, -0.1) is 24.0 Å². The zero-order chi connectivity index (χ0) is 17.5. The van der Waals surface area contributed by atoms with Crippen molar-refractivity contribution in [2.75, 3.05) is 32.4 Å². The predicted molar refractivity (Wildman–Crippen MR) is 113 cm³/mol. The molecule has 0 amide bonds. The highest BCUT2D eigenvalue weighted by Gasteiger charge is 2.26. The standard InChI is InChI=1S/C16H34N4O2S.HI/c1-6-23(21,22)20-12-8-14(9-13-20)19-15(17-5)18-11-7-10-16(2,3)4;/h14H,6-13H2,1-5H3,(H2,17,18,19);1H. The van der Waals surface area contributed by atoms with Gasteiger partial charge in [0.05, 0.1) is 5.75 Å². The first-order valence-electron chi connectivity index (χ1n) is 8.63. The Bertz CT molecular complexity index is 481. The van der Waals surface area contributed by atoms with Crippen LogP contribution in [0.2, 0.25) is 0 Å². The normalized spacial score (nSPS) is 18.1. The molecule has 24 heavy (non-hydrogen) atoms. The average molecular weight is 474 g/mol. The van der Waals surface area contributed by atoms with E-state index in [1.807, 2.05) is 0 Å². The number of guanidine groups is 1. The number of hydrogen-bond acceptors (Lipinski definition) is 3. The molecule has 1 aliphatic heterocycles. The van der Waals surface area contributed by atoms with Gasteiger partial charge in [0.15, 0.2) is 5.96 Å². The van der Waals surface area contributed by atoms with E-state index in [-0.39, 0.29) is 35.8 Å². The lowest BCUT2D eigenvalue weighted by molar-refractivity contribution is 0.306.